The van der Waals surface area contributed by atoms with Crippen LogP contribution < -0.4 is 10.5 Å². The van der Waals surface area contributed by atoms with Crippen molar-refractivity contribution in [1.29, 1.82) is 0 Å². The molecule has 1 fully saturated rings. The lowest BCUT2D eigenvalue weighted by molar-refractivity contribution is 0.0889. The first kappa shape index (κ1) is 16.7. The van der Waals surface area contributed by atoms with Crippen LogP contribution in [0.3, 0.4) is 0 Å². The number of amides is 1. The van der Waals surface area contributed by atoms with Crippen LogP contribution in [-0.4, -0.2) is 33.1 Å². The highest BCUT2D eigenvalue weighted by Crippen LogP contribution is 2.29. The molecule has 0 saturated carbocycles. The summed E-state index contributed by atoms with van der Waals surface area (Å²) in [5.74, 6) is -0.473. The van der Waals surface area contributed by atoms with Crippen molar-refractivity contribution in [3.63, 3.8) is 0 Å². The SMILES string of the molecule is CC1(NC(=O)c2cc(Br)cc(S(N)(=O)=O)c2Cl)CCOC1. The van der Waals surface area contributed by atoms with Crippen LogP contribution in [0.4, 0.5) is 0 Å². The molecule has 9 heteroatoms. The Kier molecular flexibility index (Phi) is 4.65. The summed E-state index contributed by atoms with van der Waals surface area (Å²) in [7, 11) is -4.02. The van der Waals surface area contributed by atoms with Gasteiger partial charge in [-0.15, -0.1) is 0 Å². The Balaban J connectivity index is 2.40. The highest BCUT2D eigenvalue weighted by atomic mass is 79.9. The van der Waals surface area contributed by atoms with Crippen molar-refractivity contribution in [2.45, 2.75) is 23.8 Å². The van der Waals surface area contributed by atoms with Gasteiger partial charge in [-0.2, -0.15) is 0 Å². The molecular formula is C12H14BrClN2O4S. The smallest absolute Gasteiger partial charge is 0.253 e. The first-order chi connectivity index (χ1) is 9.62. The van der Waals surface area contributed by atoms with Crippen molar-refractivity contribution < 1.29 is 17.9 Å². The molecule has 0 spiro atoms. The Labute approximate surface area is 136 Å². The molecule has 1 aromatic carbocycles. The van der Waals surface area contributed by atoms with Gasteiger partial charge in [-0.1, -0.05) is 27.5 Å². The minimum atomic E-state index is -4.02. The minimum absolute atomic E-state index is 0.0446. The Morgan fingerprint density at radius 3 is 2.71 bits per heavy atom. The second-order valence-electron chi connectivity index (χ2n) is 5.13. The van der Waals surface area contributed by atoms with Gasteiger partial charge >= 0.3 is 0 Å². The van der Waals surface area contributed by atoms with Gasteiger partial charge in [0.15, 0.2) is 0 Å². The molecule has 1 atom stereocenters. The second kappa shape index (κ2) is 5.85. The average Bonchev–Trinajstić information content (AvgIpc) is 2.76. The molecule has 1 heterocycles. The Morgan fingerprint density at radius 2 is 2.19 bits per heavy atom. The van der Waals surface area contributed by atoms with E-state index in [1.807, 2.05) is 6.92 Å². The van der Waals surface area contributed by atoms with Crippen LogP contribution in [-0.2, 0) is 14.8 Å². The zero-order valence-electron chi connectivity index (χ0n) is 11.2. The van der Waals surface area contributed by atoms with Gasteiger partial charge in [0.25, 0.3) is 5.91 Å². The first-order valence-electron chi connectivity index (χ1n) is 6.04. The maximum atomic E-state index is 12.4. The summed E-state index contributed by atoms with van der Waals surface area (Å²) in [4.78, 5) is 12.1. The predicted molar refractivity (Wildman–Crippen MR) is 81.8 cm³/mol. The minimum Gasteiger partial charge on any atom is -0.379 e. The summed E-state index contributed by atoms with van der Waals surface area (Å²) in [6.45, 7) is 2.81. The summed E-state index contributed by atoms with van der Waals surface area (Å²) in [6.07, 6.45) is 0.673. The summed E-state index contributed by atoms with van der Waals surface area (Å²) < 4.78 is 28.7. The number of primary sulfonamides is 1. The van der Waals surface area contributed by atoms with Gasteiger partial charge in [0, 0.05) is 11.1 Å². The zero-order chi connectivity index (χ0) is 15.8. The topological polar surface area (TPSA) is 98.5 Å². The molecule has 1 aromatic rings. The van der Waals surface area contributed by atoms with Gasteiger partial charge in [-0.3, -0.25) is 4.79 Å². The van der Waals surface area contributed by atoms with Crippen LogP contribution in [0.1, 0.15) is 23.7 Å². The van der Waals surface area contributed by atoms with Crippen molar-refractivity contribution in [2.24, 2.45) is 5.14 Å². The number of ether oxygens (including phenoxy) is 1. The molecule has 21 heavy (non-hydrogen) atoms. The second-order valence-corrected chi connectivity index (χ2v) is 7.95. The predicted octanol–water partition coefficient (Wildman–Crippen LogP) is 1.66. The maximum Gasteiger partial charge on any atom is 0.253 e. The summed E-state index contributed by atoms with van der Waals surface area (Å²) in [5, 5.41) is 7.72. The normalized spacial score (nSPS) is 22.3. The molecule has 1 aliphatic heterocycles. The van der Waals surface area contributed by atoms with E-state index in [4.69, 9.17) is 21.5 Å². The third-order valence-electron chi connectivity index (χ3n) is 3.19. The molecule has 1 amide bonds. The van der Waals surface area contributed by atoms with E-state index < -0.39 is 21.5 Å². The fraction of sp³-hybridized carbons (Fsp3) is 0.417. The number of nitrogens with one attached hydrogen (secondary N) is 1. The van der Waals surface area contributed by atoms with Crippen LogP contribution in [0.2, 0.25) is 5.02 Å². The molecule has 1 saturated heterocycles. The van der Waals surface area contributed by atoms with E-state index in [1.54, 1.807) is 0 Å². The van der Waals surface area contributed by atoms with Crippen LogP contribution in [0.15, 0.2) is 21.5 Å². The molecule has 116 valence electrons. The molecule has 1 unspecified atom stereocenters. The average molecular weight is 398 g/mol. The molecule has 1 aliphatic rings. The van der Waals surface area contributed by atoms with Gasteiger partial charge in [0.05, 0.1) is 22.7 Å². The Hall–Kier alpha value is -0.670. The summed E-state index contributed by atoms with van der Waals surface area (Å²) in [6, 6.07) is 2.71. The van der Waals surface area contributed by atoms with Gasteiger partial charge < -0.3 is 10.1 Å². The lowest BCUT2D eigenvalue weighted by atomic mass is 10.0. The highest BCUT2D eigenvalue weighted by molar-refractivity contribution is 9.10. The number of hydrogen-bond donors (Lipinski definition) is 2. The van der Waals surface area contributed by atoms with E-state index in [9.17, 15) is 13.2 Å². The number of carbonyl (C=O) groups is 1. The van der Waals surface area contributed by atoms with Crippen LogP contribution >= 0.6 is 27.5 Å². The van der Waals surface area contributed by atoms with E-state index in [0.717, 1.165) is 0 Å². The third kappa shape index (κ3) is 3.75. The molecule has 0 aromatic heterocycles. The van der Waals surface area contributed by atoms with Crippen LogP contribution in [0.5, 0.6) is 0 Å². The quantitative estimate of drug-likeness (QED) is 0.810. The van der Waals surface area contributed by atoms with Crippen molar-refractivity contribution >= 4 is 43.5 Å². The van der Waals surface area contributed by atoms with Crippen molar-refractivity contribution in [1.82, 2.24) is 5.32 Å². The number of rotatable bonds is 3. The number of halogens is 2. The van der Waals surface area contributed by atoms with Crippen LogP contribution in [0, 0.1) is 0 Å². The maximum absolute atomic E-state index is 12.4. The van der Waals surface area contributed by atoms with Crippen LogP contribution in [0.25, 0.3) is 0 Å². The number of hydrogen-bond acceptors (Lipinski definition) is 4. The van der Waals surface area contributed by atoms with E-state index in [-0.39, 0.29) is 15.5 Å². The summed E-state index contributed by atoms with van der Waals surface area (Å²) >= 11 is 9.17. The molecule has 6 nitrogen and oxygen atoms in total. The van der Waals surface area contributed by atoms with Gasteiger partial charge in [0.2, 0.25) is 10.0 Å². The number of benzene rings is 1. The number of nitrogens with two attached hydrogens (primary N) is 1. The zero-order valence-corrected chi connectivity index (χ0v) is 14.3. The number of sulfonamides is 1. The van der Waals surface area contributed by atoms with Crippen molar-refractivity contribution in [3.05, 3.63) is 27.2 Å². The van der Waals surface area contributed by atoms with E-state index in [2.05, 4.69) is 21.2 Å². The van der Waals surface area contributed by atoms with Gasteiger partial charge in [0.1, 0.15) is 4.90 Å². The molecule has 2 rings (SSSR count). The Morgan fingerprint density at radius 1 is 1.52 bits per heavy atom. The largest absolute Gasteiger partial charge is 0.379 e. The highest BCUT2D eigenvalue weighted by Gasteiger charge is 2.32. The van der Waals surface area contributed by atoms with E-state index in [1.165, 1.54) is 12.1 Å². The molecule has 0 aliphatic carbocycles. The molecule has 3 N–H and O–H groups in total. The lowest BCUT2D eigenvalue weighted by Crippen LogP contribution is -2.46. The Bertz CT molecular complexity index is 687. The van der Waals surface area contributed by atoms with Gasteiger partial charge in [-0.25, -0.2) is 13.6 Å². The third-order valence-corrected chi connectivity index (χ3v) is 5.10. The summed E-state index contributed by atoms with van der Waals surface area (Å²) in [5.41, 5.74) is -0.451. The molecule has 0 bridgehead atoms. The molecule has 0 radical (unpaired) electrons. The first-order valence-corrected chi connectivity index (χ1v) is 8.76. The lowest BCUT2D eigenvalue weighted by Gasteiger charge is -2.24. The van der Waals surface area contributed by atoms with E-state index >= 15 is 0 Å². The fourth-order valence-electron chi connectivity index (χ4n) is 2.04. The molecular weight excluding hydrogens is 384 g/mol. The fourth-order valence-corrected chi connectivity index (χ4v) is 3.82. The van der Waals surface area contributed by atoms with Gasteiger partial charge in [-0.05, 0) is 25.5 Å². The van der Waals surface area contributed by atoms with E-state index in [0.29, 0.717) is 24.1 Å². The number of carbonyl (C=O) groups excluding carboxylic acids is 1. The van der Waals surface area contributed by atoms with Crippen molar-refractivity contribution in [2.75, 3.05) is 13.2 Å². The standard InChI is InChI=1S/C12H14BrClN2O4S/c1-12(2-3-20-6-12)16-11(17)8-4-7(13)5-9(10(8)14)21(15,18)19/h4-5H,2-3,6H2,1H3,(H,16,17)(H2,15,18,19). The van der Waals surface area contributed by atoms with Crippen molar-refractivity contribution in [3.8, 4) is 0 Å². The monoisotopic (exact) mass is 396 g/mol.